The Hall–Kier alpha value is -0.980. The number of hydrogen-bond donors (Lipinski definition) is 0. The Labute approximate surface area is 108 Å². The Morgan fingerprint density at radius 2 is 1.76 bits per heavy atom. The molecular formula is C16H29N. The van der Waals surface area contributed by atoms with Crippen molar-refractivity contribution in [3.8, 4) is 0 Å². The molecule has 0 amide bonds. The van der Waals surface area contributed by atoms with Crippen molar-refractivity contribution in [3.63, 3.8) is 0 Å². The number of unbranched alkanes of at least 4 members (excludes halogenated alkanes) is 4. The molecule has 0 aromatic heterocycles. The summed E-state index contributed by atoms with van der Waals surface area (Å²) < 4.78 is 0. The summed E-state index contributed by atoms with van der Waals surface area (Å²) in [6.45, 7) is 15.3. The lowest BCUT2D eigenvalue weighted by atomic mass is 10.1. The predicted molar refractivity (Wildman–Crippen MR) is 78.8 cm³/mol. The van der Waals surface area contributed by atoms with Gasteiger partial charge in [0.05, 0.1) is 0 Å². The Kier molecular flexibility index (Phi) is 9.60. The minimum absolute atomic E-state index is 0.568. The van der Waals surface area contributed by atoms with E-state index in [1.807, 2.05) is 12.3 Å². The summed E-state index contributed by atoms with van der Waals surface area (Å²) in [4.78, 5) is 2.29. The molecular weight excluding hydrogens is 206 g/mol. The molecule has 0 aliphatic rings. The van der Waals surface area contributed by atoms with Crippen molar-refractivity contribution < 1.29 is 0 Å². The maximum Gasteiger partial charge on any atom is 0.0221 e. The van der Waals surface area contributed by atoms with Gasteiger partial charge in [0.2, 0.25) is 0 Å². The minimum Gasteiger partial charge on any atom is -0.352 e. The van der Waals surface area contributed by atoms with Crippen molar-refractivity contribution >= 4 is 0 Å². The highest BCUT2D eigenvalue weighted by Gasteiger charge is 2.08. The lowest BCUT2D eigenvalue weighted by molar-refractivity contribution is 0.397. The second kappa shape index (κ2) is 10.2. The molecule has 0 rings (SSSR count). The monoisotopic (exact) mass is 235 g/mol. The zero-order valence-corrected chi connectivity index (χ0v) is 11.9. The fraction of sp³-hybridized carbons (Fsp3) is 0.625. The van der Waals surface area contributed by atoms with E-state index in [-0.39, 0.29) is 0 Å². The van der Waals surface area contributed by atoms with Gasteiger partial charge in [0.15, 0.2) is 0 Å². The van der Waals surface area contributed by atoms with Crippen LogP contribution in [0.25, 0.3) is 0 Å². The van der Waals surface area contributed by atoms with Gasteiger partial charge in [0, 0.05) is 12.2 Å². The van der Waals surface area contributed by atoms with Crippen LogP contribution in [0, 0.1) is 5.92 Å². The predicted octanol–water partition coefficient (Wildman–Crippen LogP) is 5.13. The van der Waals surface area contributed by atoms with Crippen LogP contribution in [0.15, 0.2) is 37.2 Å². The SMILES string of the molecule is C=CCCCCCCN(C=C)/C(=C\C)C(C)C. The van der Waals surface area contributed by atoms with Crippen LogP contribution in [-0.2, 0) is 0 Å². The first kappa shape index (κ1) is 16.0. The van der Waals surface area contributed by atoms with Gasteiger partial charge in [0.25, 0.3) is 0 Å². The second-order valence-electron chi connectivity index (χ2n) is 4.74. The van der Waals surface area contributed by atoms with Gasteiger partial charge in [-0.3, -0.25) is 0 Å². The summed E-state index contributed by atoms with van der Waals surface area (Å²) in [5, 5.41) is 0. The van der Waals surface area contributed by atoms with E-state index in [0.717, 1.165) is 13.0 Å². The Balaban J connectivity index is 3.90. The van der Waals surface area contributed by atoms with Gasteiger partial charge < -0.3 is 4.90 Å². The molecule has 0 aromatic rings. The molecule has 0 unspecified atom stereocenters. The minimum atomic E-state index is 0.568. The highest BCUT2D eigenvalue weighted by Crippen LogP contribution is 2.16. The fourth-order valence-electron chi connectivity index (χ4n) is 2.08. The summed E-state index contributed by atoms with van der Waals surface area (Å²) >= 11 is 0. The Morgan fingerprint density at radius 3 is 2.24 bits per heavy atom. The summed E-state index contributed by atoms with van der Waals surface area (Å²) in [5.41, 5.74) is 1.38. The van der Waals surface area contributed by atoms with Crippen LogP contribution in [0.5, 0.6) is 0 Å². The van der Waals surface area contributed by atoms with Crippen LogP contribution in [0.1, 0.15) is 52.9 Å². The van der Waals surface area contributed by atoms with Gasteiger partial charge in [0.1, 0.15) is 0 Å². The Bertz CT molecular complexity index is 238. The largest absolute Gasteiger partial charge is 0.352 e. The Morgan fingerprint density at radius 1 is 1.12 bits per heavy atom. The summed E-state index contributed by atoms with van der Waals surface area (Å²) in [5.74, 6) is 0.568. The average molecular weight is 235 g/mol. The van der Waals surface area contributed by atoms with E-state index in [2.05, 4.69) is 44.9 Å². The summed E-state index contributed by atoms with van der Waals surface area (Å²) in [6.07, 6.45) is 12.4. The number of allylic oxidation sites excluding steroid dienone is 3. The summed E-state index contributed by atoms with van der Waals surface area (Å²) in [7, 11) is 0. The normalized spacial score (nSPS) is 11.6. The van der Waals surface area contributed by atoms with Gasteiger partial charge in [-0.15, -0.1) is 6.58 Å². The third-order valence-electron chi connectivity index (χ3n) is 3.00. The van der Waals surface area contributed by atoms with Crippen molar-refractivity contribution in [1.29, 1.82) is 0 Å². The van der Waals surface area contributed by atoms with Crippen LogP contribution in [0.4, 0.5) is 0 Å². The van der Waals surface area contributed by atoms with Gasteiger partial charge in [-0.05, 0) is 38.3 Å². The van der Waals surface area contributed by atoms with Gasteiger partial charge in [-0.25, -0.2) is 0 Å². The second-order valence-corrected chi connectivity index (χ2v) is 4.74. The molecule has 1 heteroatoms. The van der Waals surface area contributed by atoms with Crippen molar-refractivity contribution in [2.45, 2.75) is 52.9 Å². The molecule has 0 heterocycles. The smallest absolute Gasteiger partial charge is 0.0221 e. The molecule has 0 saturated heterocycles. The van der Waals surface area contributed by atoms with Crippen LogP contribution in [0.3, 0.4) is 0 Å². The zero-order valence-electron chi connectivity index (χ0n) is 11.9. The fourth-order valence-corrected chi connectivity index (χ4v) is 2.08. The molecule has 0 fully saturated rings. The third-order valence-corrected chi connectivity index (χ3v) is 3.00. The molecule has 0 N–H and O–H groups in total. The molecule has 0 saturated carbocycles. The third kappa shape index (κ3) is 7.04. The van der Waals surface area contributed by atoms with Crippen molar-refractivity contribution in [3.05, 3.63) is 37.2 Å². The molecule has 0 bridgehead atoms. The van der Waals surface area contributed by atoms with Crippen LogP contribution in [0.2, 0.25) is 0 Å². The number of rotatable bonds is 10. The molecule has 0 aromatic carbocycles. The lowest BCUT2D eigenvalue weighted by Gasteiger charge is -2.26. The van der Waals surface area contributed by atoms with Gasteiger partial charge >= 0.3 is 0 Å². The molecule has 98 valence electrons. The molecule has 0 aliphatic carbocycles. The van der Waals surface area contributed by atoms with E-state index in [1.54, 1.807) is 0 Å². The first-order chi connectivity index (χ1) is 8.17. The topological polar surface area (TPSA) is 3.24 Å². The van der Waals surface area contributed by atoms with Crippen molar-refractivity contribution in [2.24, 2.45) is 5.92 Å². The highest BCUT2D eigenvalue weighted by atomic mass is 15.1. The molecule has 1 nitrogen and oxygen atoms in total. The zero-order chi connectivity index (χ0) is 13.1. The molecule has 0 aliphatic heterocycles. The highest BCUT2D eigenvalue weighted by molar-refractivity contribution is 5.05. The lowest BCUT2D eigenvalue weighted by Crippen LogP contribution is -2.21. The maximum atomic E-state index is 3.91. The first-order valence-electron chi connectivity index (χ1n) is 6.83. The van der Waals surface area contributed by atoms with Gasteiger partial charge in [-0.2, -0.15) is 0 Å². The van der Waals surface area contributed by atoms with Crippen molar-refractivity contribution in [1.82, 2.24) is 4.90 Å². The number of hydrogen-bond acceptors (Lipinski definition) is 1. The number of nitrogens with zero attached hydrogens (tertiary/aromatic N) is 1. The average Bonchev–Trinajstić information content (AvgIpc) is 2.31. The first-order valence-corrected chi connectivity index (χ1v) is 6.83. The molecule has 0 spiro atoms. The van der Waals surface area contributed by atoms with E-state index in [0.29, 0.717) is 5.92 Å². The van der Waals surface area contributed by atoms with E-state index in [9.17, 15) is 0 Å². The molecule has 0 radical (unpaired) electrons. The van der Waals surface area contributed by atoms with E-state index >= 15 is 0 Å². The summed E-state index contributed by atoms with van der Waals surface area (Å²) in [6, 6.07) is 0. The van der Waals surface area contributed by atoms with Crippen LogP contribution >= 0.6 is 0 Å². The van der Waals surface area contributed by atoms with Crippen molar-refractivity contribution in [2.75, 3.05) is 6.54 Å². The van der Waals surface area contributed by atoms with E-state index in [4.69, 9.17) is 0 Å². The van der Waals surface area contributed by atoms with Crippen LogP contribution in [-0.4, -0.2) is 11.4 Å². The molecule has 17 heavy (non-hydrogen) atoms. The quantitative estimate of drug-likeness (QED) is 0.375. The standard InChI is InChI=1S/C16H29N/c1-6-9-10-11-12-13-14-17(8-3)16(7-2)15(4)5/h6-8,15H,1,3,9-14H2,2,4-5H3/b16-7-. The van der Waals surface area contributed by atoms with E-state index in [1.165, 1.54) is 31.4 Å². The van der Waals surface area contributed by atoms with Gasteiger partial charge in [-0.1, -0.05) is 45.4 Å². The van der Waals surface area contributed by atoms with E-state index < -0.39 is 0 Å². The molecule has 0 atom stereocenters. The van der Waals surface area contributed by atoms with Crippen LogP contribution < -0.4 is 0 Å². The maximum absolute atomic E-state index is 3.91.